The normalized spacial score (nSPS) is 11.9. The van der Waals surface area contributed by atoms with Gasteiger partial charge in [-0.05, 0) is 37.5 Å². The summed E-state index contributed by atoms with van der Waals surface area (Å²) in [6.45, 7) is 2.00. The Hall–Kier alpha value is -1.87. The lowest BCUT2D eigenvalue weighted by Crippen LogP contribution is -2.32. The van der Waals surface area contributed by atoms with Gasteiger partial charge in [0.25, 0.3) is 5.91 Å². The van der Waals surface area contributed by atoms with Crippen molar-refractivity contribution in [3.8, 4) is 0 Å². The number of carbonyl (C=O) groups excluding carboxylic acids is 1. The van der Waals surface area contributed by atoms with Crippen LogP contribution < -0.4 is 5.32 Å². The lowest BCUT2D eigenvalue weighted by Gasteiger charge is -2.13. The molecule has 0 aliphatic carbocycles. The van der Waals surface area contributed by atoms with Gasteiger partial charge in [-0.1, -0.05) is 41.9 Å². The standard InChI is InChI=1S/C16H17ClN2O/c1-12(7-8-13-5-3-2-4-6-13)19-16(20)14-9-10-15(17)18-11-14/h2-6,9-12H,7-8H2,1H3,(H,19,20)/t12-/m1/s1. The molecule has 0 saturated carbocycles. The fourth-order valence-corrected chi connectivity index (χ4v) is 2.03. The highest BCUT2D eigenvalue weighted by atomic mass is 35.5. The molecule has 0 unspecified atom stereocenters. The number of hydrogen-bond donors (Lipinski definition) is 1. The molecule has 1 N–H and O–H groups in total. The highest BCUT2D eigenvalue weighted by Crippen LogP contribution is 2.07. The van der Waals surface area contributed by atoms with Crippen LogP contribution in [-0.2, 0) is 6.42 Å². The summed E-state index contributed by atoms with van der Waals surface area (Å²) in [6, 6.07) is 13.6. The first-order valence-electron chi connectivity index (χ1n) is 6.61. The SMILES string of the molecule is C[C@H](CCc1ccccc1)NC(=O)c1ccc(Cl)nc1. The maximum absolute atomic E-state index is 12.0. The Kier molecular flexibility index (Phi) is 5.13. The summed E-state index contributed by atoms with van der Waals surface area (Å²) >= 11 is 5.70. The minimum atomic E-state index is -0.116. The van der Waals surface area contributed by atoms with Gasteiger partial charge in [0.15, 0.2) is 0 Å². The van der Waals surface area contributed by atoms with E-state index in [0.29, 0.717) is 10.7 Å². The highest BCUT2D eigenvalue weighted by Gasteiger charge is 2.10. The first-order valence-corrected chi connectivity index (χ1v) is 6.99. The molecule has 104 valence electrons. The molecule has 3 nitrogen and oxygen atoms in total. The van der Waals surface area contributed by atoms with Crippen molar-refractivity contribution < 1.29 is 4.79 Å². The minimum absolute atomic E-state index is 0.110. The van der Waals surface area contributed by atoms with Crippen molar-refractivity contribution in [3.63, 3.8) is 0 Å². The van der Waals surface area contributed by atoms with Gasteiger partial charge in [-0.2, -0.15) is 0 Å². The van der Waals surface area contributed by atoms with E-state index < -0.39 is 0 Å². The quantitative estimate of drug-likeness (QED) is 0.856. The zero-order chi connectivity index (χ0) is 14.4. The van der Waals surface area contributed by atoms with Crippen LogP contribution in [0.1, 0.15) is 29.3 Å². The molecule has 4 heteroatoms. The zero-order valence-electron chi connectivity index (χ0n) is 11.3. The summed E-state index contributed by atoms with van der Waals surface area (Å²) in [7, 11) is 0. The van der Waals surface area contributed by atoms with Gasteiger partial charge in [0.05, 0.1) is 5.56 Å². The van der Waals surface area contributed by atoms with Crippen LogP contribution >= 0.6 is 11.6 Å². The van der Waals surface area contributed by atoms with Crippen molar-refractivity contribution in [2.24, 2.45) is 0 Å². The maximum atomic E-state index is 12.0. The lowest BCUT2D eigenvalue weighted by atomic mass is 10.1. The smallest absolute Gasteiger partial charge is 0.253 e. The fourth-order valence-electron chi connectivity index (χ4n) is 1.92. The van der Waals surface area contributed by atoms with Crippen LogP contribution in [0.5, 0.6) is 0 Å². The molecule has 1 aromatic carbocycles. The third kappa shape index (κ3) is 4.35. The summed E-state index contributed by atoms with van der Waals surface area (Å²) in [4.78, 5) is 15.9. The van der Waals surface area contributed by atoms with E-state index in [1.54, 1.807) is 12.1 Å². The van der Waals surface area contributed by atoms with Crippen molar-refractivity contribution in [2.75, 3.05) is 0 Å². The number of nitrogens with zero attached hydrogens (tertiary/aromatic N) is 1. The zero-order valence-corrected chi connectivity index (χ0v) is 12.1. The second-order valence-corrected chi connectivity index (χ2v) is 5.16. The minimum Gasteiger partial charge on any atom is -0.350 e. The van der Waals surface area contributed by atoms with Gasteiger partial charge >= 0.3 is 0 Å². The maximum Gasteiger partial charge on any atom is 0.253 e. The summed E-state index contributed by atoms with van der Waals surface area (Å²) in [5, 5.41) is 3.35. The number of halogens is 1. The second-order valence-electron chi connectivity index (χ2n) is 4.77. The lowest BCUT2D eigenvalue weighted by molar-refractivity contribution is 0.0938. The van der Waals surface area contributed by atoms with E-state index >= 15 is 0 Å². The summed E-state index contributed by atoms with van der Waals surface area (Å²) < 4.78 is 0. The Morgan fingerprint density at radius 1 is 1.25 bits per heavy atom. The van der Waals surface area contributed by atoms with Gasteiger partial charge in [0.2, 0.25) is 0 Å². The van der Waals surface area contributed by atoms with Crippen molar-refractivity contribution >= 4 is 17.5 Å². The van der Waals surface area contributed by atoms with E-state index in [1.807, 2.05) is 25.1 Å². The van der Waals surface area contributed by atoms with Crippen LogP contribution in [0.15, 0.2) is 48.7 Å². The molecule has 2 aromatic rings. The van der Waals surface area contributed by atoms with E-state index in [4.69, 9.17) is 11.6 Å². The van der Waals surface area contributed by atoms with Crippen LogP contribution in [0.25, 0.3) is 0 Å². The molecule has 0 aliphatic heterocycles. The number of hydrogen-bond acceptors (Lipinski definition) is 2. The van der Waals surface area contributed by atoms with Gasteiger partial charge in [-0.15, -0.1) is 0 Å². The molecular weight excluding hydrogens is 272 g/mol. The van der Waals surface area contributed by atoms with Crippen LogP contribution in [0.2, 0.25) is 5.15 Å². The molecule has 0 saturated heterocycles. The van der Waals surface area contributed by atoms with Gasteiger partial charge < -0.3 is 5.32 Å². The molecule has 0 fully saturated rings. The molecule has 1 heterocycles. The topological polar surface area (TPSA) is 42.0 Å². The van der Waals surface area contributed by atoms with Gasteiger partial charge in [0.1, 0.15) is 5.15 Å². The number of rotatable bonds is 5. The van der Waals surface area contributed by atoms with Crippen molar-refractivity contribution in [1.29, 1.82) is 0 Å². The second kappa shape index (κ2) is 7.06. The molecule has 2 rings (SSSR count). The van der Waals surface area contributed by atoms with E-state index in [-0.39, 0.29) is 11.9 Å². The van der Waals surface area contributed by atoms with Gasteiger partial charge in [-0.25, -0.2) is 4.98 Å². The summed E-state index contributed by atoms with van der Waals surface area (Å²) in [6.07, 6.45) is 3.33. The number of benzene rings is 1. The molecule has 0 aliphatic rings. The Morgan fingerprint density at radius 2 is 2.00 bits per heavy atom. The molecule has 20 heavy (non-hydrogen) atoms. The molecule has 1 atom stereocenters. The van der Waals surface area contributed by atoms with Crippen LogP contribution in [0.3, 0.4) is 0 Å². The first kappa shape index (κ1) is 14.5. The Morgan fingerprint density at radius 3 is 2.65 bits per heavy atom. The van der Waals surface area contributed by atoms with E-state index in [0.717, 1.165) is 12.8 Å². The number of pyridine rings is 1. The number of aryl methyl sites for hydroxylation is 1. The van der Waals surface area contributed by atoms with Gasteiger partial charge in [-0.3, -0.25) is 4.79 Å². The third-order valence-electron chi connectivity index (χ3n) is 3.08. The highest BCUT2D eigenvalue weighted by molar-refractivity contribution is 6.29. The molecule has 0 spiro atoms. The van der Waals surface area contributed by atoms with Crippen molar-refractivity contribution in [2.45, 2.75) is 25.8 Å². The Balaban J connectivity index is 1.83. The average Bonchev–Trinajstić information content (AvgIpc) is 2.47. The Labute approximate surface area is 124 Å². The number of amides is 1. The van der Waals surface area contributed by atoms with Crippen molar-refractivity contribution in [3.05, 3.63) is 64.9 Å². The third-order valence-corrected chi connectivity index (χ3v) is 3.30. The predicted molar refractivity (Wildman–Crippen MR) is 80.9 cm³/mol. The largest absolute Gasteiger partial charge is 0.350 e. The molecule has 0 radical (unpaired) electrons. The monoisotopic (exact) mass is 288 g/mol. The predicted octanol–water partition coefficient (Wildman–Crippen LogP) is 3.49. The van der Waals surface area contributed by atoms with E-state index in [1.165, 1.54) is 11.8 Å². The molecule has 1 amide bonds. The number of nitrogens with one attached hydrogen (secondary N) is 1. The van der Waals surface area contributed by atoms with E-state index in [2.05, 4.69) is 22.4 Å². The van der Waals surface area contributed by atoms with Gasteiger partial charge in [0, 0.05) is 12.2 Å². The van der Waals surface area contributed by atoms with Crippen LogP contribution in [0, 0.1) is 0 Å². The average molecular weight is 289 g/mol. The number of carbonyl (C=O) groups is 1. The van der Waals surface area contributed by atoms with Crippen LogP contribution in [0.4, 0.5) is 0 Å². The molecular formula is C16H17ClN2O. The van der Waals surface area contributed by atoms with Crippen LogP contribution in [-0.4, -0.2) is 16.9 Å². The van der Waals surface area contributed by atoms with Crippen molar-refractivity contribution in [1.82, 2.24) is 10.3 Å². The fraction of sp³-hybridized carbons (Fsp3) is 0.250. The van der Waals surface area contributed by atoms with E-state index in [9.17, 15) is 4.79 Å². The molecule has 1 aromatic heterocycles. The summed E-state index contributed by atoms with van der Waals surface area (Å²) in [5.41, 5.74) is 1.81. The number of aromatic nitrogens is 1. The Bertz CT molecular complexity index is 554. The summed E-state index contributed by atoms with van der Waals surface area (Å²) in [5.74, 6) is -0.116. The first-order chi connectivity index (χ1) is 9.65. The molecule has 0 bridgehead atoms.